The lowest BCUT2D eigenvalue weighted by Crippen LogP contribution is -2.28. The van der Waals surface area contributed by atoms with Crippen molar-refractivity contribution in [3.05, 3.63) is 23.9 Å². The van der Waals surface area contributed by atoms with Gasteiger partial charge in [0, 0.05) is 18.3 Å². The summed E-state index contributed by atoms with van der Waals surface area (Å²) in [6.07, 6.45) is 0.641. The Bertz CT molecular complexity index is 327. The van der Waals surface area contributed by atoms with Gasteiger partial charge < -0.3 is 10.0 Å². The SMILES string of the molecule is Cc1cccc(N2CC(O)CC2C)n1. The Morgan fingerprint density at radius 1 is 1.50 bits per heavy atom. The third-order valence-corrected chi connectivity index (χ3v) is 2.72. The number of hydrogen-bond acceptors (Lipinski definition) is 3. The first kappa shape index (κ1) is 9.46. The van der Waals surface area contributed by atoms with E-state index in [0.717, 1.165) is 17.9 Å². The zero-order valence-corrected chi connectivity index (χ0v) is 8.64. The minimum atomic E-state index is -0.202. The topological polar surface area (TPSA) is 36.4 Å². The summed E-state index contributed by atoms with van der Waals surface area (Å²) in [4.78, 5) is 6.62. The molecule has 14 heavy (non-hydrogen) atoms. The van der Waals surface area contributed by atoms with E-state index in [1.165, 1.54) is 0 Å². The molecule has 0 spiro atoms. The Hall–Kier alpha value is -1.09. The predicted octanol–water partition coefficient (Wildman–Crippen LogP) is 1.35. The monoisotopic (exact) mass is 192 g/mol. The van der Waals surface area contributed by atoms with E-state index in [2.05, 4.69) is 16.8 Å². The summed E-state index contributed by atoms with van der Waals surface area (Å²) in [5, 5.41) is 9.53. The summed E-state index contributed by atoms with van der Waals surface area (Å²) in [5.41, 5.74) is 1.02. The summed E-state index contributed by atoms with van der Waals surface area (Å²) >= 11 is 0. The fourth-order valence-corrected chi connectivity index (χ4v) is 2.01. The van der Waals surface area contributed by atoms with Crippen LogP contribution >= 0.6 is 0 Å². The number of pyridine rings is 1. The molecule has 1 aromatic rings. The van der Waals surface area contributed by atoms with E-state index < -0.39 is 0 Å². The van der Waals surface area contributed by atoms with Crippen molar-refractivity contribution < 1.29 is 5.11 Å². The number of hydrogen-bond donors (Lipinski definition) is 1. The zero-order chi connectivity index (χ0) is 10.1. The van der Waals surface area contributed by atoms with Crippen LogP contribution in [0.3, 0.4) is 0 Å². The van der Waals surface area contributed by atoms with Crippen LogP contribution in [0.15, 0.2) is 18.2 Å². The Morgan fingerprint density at radius 3 is 2.86 bits per heavy atom. The van der Waals surface area contributed by atoms with Gasteiger partial charge in [0.25, 0.3) is 0 Å². The Morgan fingerprint density at radius 2 is 2.29 bits per heavy atom. The molecular formula is C11H16N2O. The number of aryl methyl sites for hydroxylation is 1. The second-order valence-corrected chi connectivity index (χ2v) is 4.03. The van der Waals surface area contributed by atoms with Crippen LogP contribution in [0.25, 0.3) is 0 Å². The molecule has 3 nitrogen and oxygen atoms in total. The largest absolute Gasteiger partial charge is 0.391 e. The molecule has 0 aliphatic carbocycles. The molecule has 0 saturated carbocycles. The van der Waals surface area contributed by atoms with Gasteiger partial charge in [-0.2, -0.15) is 0 Å². The lowest BCUT2D eigenvalue weighted by molar-refractivity contribution is 0.195. The molecule has 1 aliphatic rings. The average molecular weight is 192 g/mol. The van der Waals surface area contributed by atoms with Gasteiger partial charge in [-0.05, 0) is 32.4 Å². The maximum absolute atomic E-state index is 9.53. The van der Waals surface area contributed by atoms with Gasteiger partial charge in [-0.15, -0.1) is 0 Å². The van der Waals surface area contributed by atoms with Gasteiger partial charge in [-0.25, -0.2) is 4.98 Å². The van der Waals surface area contributed by atoms with Crippen molar-refractivity contribution in [3.8, 4) is 0 Å². The fourth-order valence-electron chi connectivity index (χ4n) is 2.01. The first-order valence-electron chi connectivity index (χ1n) is 5.05. The number of nitrogens with zero attached hydrogens (tertiary/aromatic N) is 2. The van der Waals surface area contributed by atoms with Crippen LogP contribution in [0.4, 0.5) is 5.82 Å². The lowest BCUT2D eigenvalue weighted by atomic mass is 10.2. The van der Waals surface area contributed by atoms with Gasteiger partial charge in [0.1, 0.15) is 5.82 Å². The van der Waals surface area contributed by atoms with Crippen LogP contribution in [0.5, 0.6) is 0 Å². The molecule has 1 N–H and O–H groups in total. The molecule has 1 aromatic heterocycles. The molecule has 1 saturated heterocycles. The van der Waals surface area contributed by atoms with Crippen LogP contribution in [0, 0.1) is 6.92 Å². The van der Waals surface area contributed by atoms with Crippen molar-refractivity contribution in [1.29, 1.82) is 0 Å². The van der Waals surface area contributed by atoms with E-state index in [0.29, 0.717) is 12.6 Å². The molecule has 1 fully saturated rings. The third kappa shape index (κ3) is 1.73. The van der Waals surface area contributed by atoms with Crippen molar-refractivity contribution in [3.63, 3.8) is 0 Å². The maximum Gasteiger partial charge on any atom is 0.129 e. The van der Waals surface area contributed by atoms with Crippen molar-refractivity contribution in [2.75, 3.05) is 11.4 Å². The first-order chi connectivity index (χ1) is 6.66. The standard InChI is InChI=1S/C11H16N2O/c1-8-4-3-5-11(12-8)13-7-10(14)6-9(13)2/h3-5,9-10,14H,6-7H2,1-2H3. The van der Waals surface area contributed by atoms with Crippen LogP contribution in [-0.2, 0) is 0 Å². The van der Waals surface area contributed by atoms with Gasteiger partial charge in [-0.3, -0.25) is 0 Å². The van der Waals surface area contributed by atoms with E-state index in [1.807, 2.05) is 25.1 Å². The third-order valence-electron chi connectivity index (χ3n) is 2.72. The first-order valence-corrected chi connectivity index (χ1v) is 5.05. The molecule has 0 aromatic carbocycles. The normalized spacial score (nSPS) is 26.9. The average Bonchev–Trinajstić information content (AvgIpc) is 2.45. The highest BCUT2D eigenvalue weighted by Crippen LogP contribution is 2.23. The molecule has 2 unspecified atom stereocenters. The second kappa shape index (κ2) is 3.58. The summed E-state index contributed by atoms with van der Waals surface area (Å²) in [7, 11) is 0. The van der Waals surface area contributed by atoms with Crippen molar-refractivity contribution in [1.82, 2.24) is 4.98 Å². The van der Waals surface area contributed by atoms with E-state index in [1.54, 1.807) is 0 Å². The Labute approximate surface area is 84.4 Å². The highest BCUT2D eigenvalue weighted by Gasteiger charge is 2.28. The van der Waals surface area contributed by atoms with Crippen LogP contribution < -0.4 is 4.90 Å². The number of aliphatic hydroxyl groups is 1. The molecule has 0 amide bonds. The smallest absolute Gasteiger partial charge is 0.129 e. The van der Waals surface area contributed by atoms with Gasteiger partial charge >= 0.3 is 0 Å². The minimum absolute atomic E-state index is 0.202. The van der Waals surface area contributed by atoms with Gasteiger partial charge in [0.05, 0.1) is 6.10 Å². The molecule has 0 bridgehead atoms. The zero-order valence-electron chi connectivity index (χ0n) is 8.64. The van der Waals surface area contributed by atoms with E-state index in [4.69, 9.17) is 0 Å². The summed E-state index contributed by atoms with van der Waals surface area (Å²) in [5.74, 6) is 0.981. The van der Waals surface area contributed by atoms with E-state index >= 15 is 0 Å². The highest BCUT2D eigenvalue weighted by molar-refractivity contribution is 5.42. The fraction of sp³-hybridized carbons (Fsp3) is 0.545. The summed E-state index contributed by atoms with van der Waals surface area (Å²) in [6.45, 7) is 4.82. The number of aliphatic hydroxyl groups excluding tert-OH is 1. The molecule has 0 radical (unpaired) electrons. The molecule has 2 atom stereocenters. The number of aromatic nitrogens is 1. The minimum Gasteiger partial charge on any atom is -0.391 e. The van der Waals surface area contributed by atoms with Crippen LogP contribution in [-0.4, -0.2) is 28.8 Å². The molecule has 2 rings (SSSR count). The Balaban J connectivity index is 2.23. The Kier molecular flexibility index (Phi) is 2.42. The molecule has 1 aliphatic heterocycles. The quantitative estimate of drug-likeness (QED) is 0.729. The molecule has 2 heterocycles. The number of anilines is 1. The summed E-state index contributed by atoms with van der Waals surface area (Å²) < 4.78 is 0. The molecular weight excluding hydrogens is 176 g/mol. The van der Waals surface area contributed by atoms with Gasteiger partial charge in [-0.1, -0.05) is 6.07 Å². The lowest BCUT2D eigenvalue weighted by Gasteiger charge is -2.22. The van der Waals surface area contributed by atoms with Crippen molar-refractivity contribution in [2.45, 2.75) is 32.4 Å². The molecule has 3 heteroatoms. The molecule has 76 valence electrons. The predicted molar refractivity (Wildman–Crippen MR) is 56.4 cm³/mol. The second-order valence-electron chi connectivity index (χ2n) is 4.03. The highest BCUT2D eigenvalue weighted by atomic mass is 16.3. The maximum atomic E-state index is 9.53. The van der Waals surface area contributed by atoms with Crippen LogP contribution in [0.1, 0.15) is 19.0 Å². The van der Waals surface area contributed by atoms with Gasteiger partial charge in [0.2, 0.25) is 0 Å². The van der Waals surface area contributed by atoms with Crippen molar-refractivity contribution in [2.24, 2.45) is 0 Å². The number of rotatable bonds is 1. The van der Waals surface area contributed by atoms with E-state index in [9.17, 15) is 5.11 Å². The van der Waals surface area contributed by atoms with Crippen LogP contribution in [0.2, 0.25) is 0 Å². The summed E-state index contributed by atoms with van der Waals surface area (Å²) in [6, 6.07) is 6.39. The number of β-amino-alcohol motifs (C(OH)–C–C–N with tert-alkyl or cyclic N) is 1. The van der Waals surface area contributed by atoms with Gasteiger partial charge in [0.15, 0.2) is 0 Å². The van der Waals surface area contributed by atoms with Crippen molar-refractivity contribution >= 4 is 5.82 Å². The van der Waals surface area contributed by atoms with E-state index in [-0.39, 0.29) is 6.10 Å².